The summed E-state index contributed by atoms with van der Waals surface area (Å²) in [6, 6.07) is 13.4. The summed E-state index contributed by atoms with van der Waals surface area (Å²) in [6.07, 6.45) is 0.987. The van der Waals surface area contributed by atoms with Crippen molar-refractivity contribution in [1.29, 1.82) is 0 Å². The van der Waals surface area contributed by atoms with Gasteiger partial charge in [-0.1, -0.05) is 30.3 Å². The van der Waals surface area contributed by atoms with Crippen LogP contribution >= 0.6 is 0 Å². The van der Waals surface area contributed by atoms with Crippen LogP contribution in [0.2, 0.25) is 0 Å². The first-order chi connectivity index (χ1) is 9.19. The van der Waals surface area contributed by atoms with Gasteiger partial charge in [0, 0.05) is 5.92 Å². The van der Waals surface area contributed by atoms with Crippen LogP contribution in [0, 0.1) is 12.7 Å². The number of nitrogens with one attached hydrogen (secondary N) is 1. The Morgan fingerprint density at radius 3 is 2.74 bits per heavy atom. The van der Waals surface area contributed by atoms with Crippen LogP contribution in [0.5, 0.6) is 0 Å². The Hall–Kier alpha value is -1.71. The molecule has 1 aliphatic rings. The first-order valence-electron chi connectivity index (χ1n) is 6.50. The molecule has 0 fully saturated rings. The first-order valence-corrected chi connectivity index (χ1v) is 6.50. The summed E-state index contributed by atoms with van der Waals surface area (Å²) >= 11 is 0. The van der Waals surface area contributed by atoms with E-state index in [-0.39, 0.29) is 11.9 Å². The van der Waals surface area contributed by atoms with Gasteiger partial charge in [0.1, 0.15) is 5.82 Å². The van der Waals surface area contributed by atoms with Crippen molar-refractivity contribution in [1.82, 2.24) is 5.43 Å². The normalized spacial score (nSPS) is 18.6. The molecule has 1 aliphatic carbocycles. The second kappa shape index (κ2) is 4.76. The van der Waals surface area contributed by atoms with E-state index >= 15 is 0 Å². The third kappa shape index (κ3) is 2.15. The smallest absolute Gasteiger partial charge is 0.123 e. The van der Waals surface area contributed by atoms with Gasteiger partial charge in [-0.2, -0.15) is 0 Å². The van der Waals surface area contributed by atoms with Gasteiger partial charge in [0.25, 0.3) is 0 Å². The van der Waals surface area contributed by atoms with E-state index in [1.165, 1.54) is 17.2 Å². The maximum absolute atomic E-state index is 13.5. The zero-order valence-corrected chi connectivity index (χ0v) is 10.9. The molecule has 0 amide bonds. The number of hydrogen-bond acceptors (Lipinski definition) is 2. The van der Waals surface area contributed by atoms with Gasteiger partial charge in [-0.05, 0) is 47.7 Å². The standard InChI is InChI=1S/C16H17FN2/c1-10-6-12(8-13(17)7-10)16(19-18)15-9-11-4-2-3-5-14(11)15/h2-8,15-16,19H,9,18H2,1H3. The van der Waals surface area contributed by atoms with Gasteiger partial charge in [-0.3, -0.25) is 11.3 Å². The molecule has 3 rings (SSSR count). The Morgan fingerprint density at radius 1 is 1.26 bits per heavy atom. The summed E-state index contributed by atoms with van der Waals surface area (Å²) < 4.78 is 13.5. The second-order valence-electron chi connectivity index (χ2n) is 5.22. The molecule has 0 aromatic heterocycles. The fourth-order valence-corrected chi connectivity index (χ4v) is 2.98. The third-order valence-corrected chi connectivity index (χ3v) is 3.90. The van der Waals surface area contributed by atoms with Crippen LogP contribution in [-0.2, 0) is 6.42 Å². The Kier molecular flexibility index (Phi) is 3.09. The molecular weight excluding hydrogens is 239 g/mol. The lowest BCUT2D eigenvalue weighted by Gasteiger charge is -2.36. The molecule has 2 aromatic carbocycles. The number of benzene rings is 2. The van der Waals surface area contributed by atoms with Crippen LogP contribution in [0.3, 0.4) is 0 Å². The first kappa shape index (κ1) is 12.3. The van der Waals surface area contributed by atoms with Crippen LogP contribution in [0.4, 0.5) is 4.39 Å². The molecule has 3 N–H and O–H groups in total. The largest absolute Gasteiger partial charge is 0.271 e. The Labute approximate surface area is 112 Å². The predicted molar refractivity (Wildman–Crippen MR) is 74.1 cm³/mol. The zero-order chi connectivity index (χ0) is 13.4. The van der Waals surface area contributed by atoms with E-state index in [9.17, 15) is 4.39 Å². The molecule has 0 heterocycles. The van der Waals surface area contributed by atoms with E-state index in [1.54, 1.807) is 6.07 Å². The fraction of sp³-hybridized carbons (Fsp3) is 0.250. The highest BCUT2D eigenvalue weighted by molar-refractivity contribution is 5.43. The minimum atomic E-state index is -0.206. The summed E-state index contributed by atoms with van der Waals surface area (Å²) in [5.41, 5.74) is 7.36. The van der Waals surface area contributed by atoms with Crippen LogP contribution in [0.15, 0.2) is 42.5 Å². The van der Waals surface area contributed by atoms with Gasteiger partial charge < -0.3 is 0 Å². The highest BCUT2D eigenvalue weighted by atomic mass is 19.1. The summed E-state index contributed by atoms with van der Waals surface area (Å²) in [6.45, 7) is 1.90. The van der Waals surface area contributed by atoms with Crippen molar-refractivity contribution < 1.29 is 4.39 Å². The Morgan fingerprint density at radius 2 is 2.05 bits per heavy atom. The monoisotopic (exact) mass is 256 g/mol. The van der Waals surface area contributed by atoms with Gasteiger partial charge in [-0.25, -0.2) is 4.39 Å². The van der Waals surface area contributed by atoms with Crippen LogP contribution in [0.1, 0.15) is 34.2 Å². The fourth-order valence-electron chi connectivity index (χ4n) is 2.98. The molecule has 0 saturated carbocycles. The van der Waals surface area contributed by atoms with Crippen LogP contribution in [0.25, 0.3) is 0 Å². The minimum absolute atomic E-state index is 0.0377. The van der Waals surface area contributed by atoms with Crippen molar-refractivity contribution in [2.24, 2.45) is 5.84 Å². The number of fused-ring (bicyclic) bond motifs is 1. The SMILES string of the molecule is Cc1cc(F)cc(C(NN)C2Cc3ccccc32)c1. The highest BCUT2D eigenvalue weighted by Crippen LogP contribution is 2.43. The predicted octanol–water partition coefficient (Wildman–Crippen LogP) is 2.98. The molecule has 2 unspecified atom stereocenters. The lowest BCUT2D eigenvalue weighted by molar-refractivity contribution is 0.417. The maximum Gasteiger partial charge on any atom is 0.123 e. The molecule has 19 heavy (non-hydrogen) atoms. The third-order valence-electron chi connectivity index (χ3n) is 3.90. The molecule has 2 atom stereocenters. The van der Waals surface area contributed by atoms with E-state index < -0.39 is 0 Å². The molecular formula is C16H17FN2. The maximum atomic E-state index is 13.5. The lowest BCUT2D eigenvalue weighted by atomic mass is 9.72. The number of aryl methyl sites for hydroxylation is 1. The summed E-state index contributed by atoms with van der Waals surface area (Å²) in [4.78, 5) is 0. The lowest BCUT2D eigenvalue weighted by Crippen LogP contribution is -2.37. The van der Waals surface area contributed by atoms with Gasteiger partial charge in [-0.15, -0.1) is 0 Å². The van der Waals surface area contributed by atoms with Crippen LogP contribution in [-0.4, -0.2) is 0 Å². The summed E-state index contributed by atoms with van der Waals surface area (Å²) in [5, 5.41) is 0. The van der Waals surface area contributed by atoms with Gasteiger partial charge in [0.2, 0.25) is 0 Å². The van der Waals surface area contributed by atoms with Crippen molar-refractivity contribution in [2.45, 2.75) is 25.3 Å². The number of nitrogens with two attached hydrogens (primary N) is 1. The van der Waals surface area contributed by atoms with Crippen molar-refractivity contribution in [2.75, 3.05) is 0 Å². The average Bonchev–Trinajstić information content (AvgIpc) is 2.34. The molecule has 0 radical (unpaired) electrons. The van der Waals surface area contributed by atoms with Gasteiger partial charge >= 0.3 is 0 Å². The minimum Gasteiger partial charge on any atom is -0.271 e. The van der Waals surface area contributed by atoms with Gasteiger partial charge in [0.05, 0.1) is 6.04 Å². The quantitative estimate of drug-likeness (QED) is 0.654. The molecule has 0 spiro atoms. The number of halogens is 1. The molecule has 98 valence electrons. The van der Waals surface area contributed by atoms with E-state index in [0.29, 0.717) is 5.92 Å². The van der Waals surface area contributed by atoms with E-state index in [4.69, 9.17) is 5.84 Å². The highest BCUT2D eigenvalue weighted by Gasteiger charge is 2.33. The summed E-state index contributed by atoms with van der Waals surface area (Å²) in [7, 11) is 0. The number of rotatable bonds is 3. The second-order valence-corrected chi connectivity index (χ2v) is 5.22. The molecule has 0 aliphatic heterocycles. The van der Waals surface area contributed by atoms with Gasteiger partial charge in [0.15, 0.2) is 0 Å². The Bertz CT molecular complexity index is 589. The van der Waals surface area contributed by atoms with Crippen LogP contribution < -0.4 is 11.3 Å². The topological polar surface area (TPSA) is 38.0 Å². The van der Waals surface area contributed by atoms with E-state index in [1.807, 2.05) is 25.1 Å². The van der Waals surface area contributed by atoms with E-state index in [0.717, 1.165) is 17.5 Å². The van der Waals surface area contributed by atoms with E-state index in [2.05, 4.69) is 17.6 Å². The molecule has 0 bridgehead atoms. The molecule has 2 nitrogen and oxygen atoms in total. The number of hydrazine groups is 1. The van der Waals surface area contributed by atoms with Crippen molar-refractivity contribution in [3.05, 3.63) is 70.5 Å². The molecule has 3 heteroatoms. The van der Waals surface area contributed by atoms with Crippen molar-refractivity contribution >= 4 is 0 Å². The average molecular weight is 256 g/mol. The Balaban J connectivity index is 1.94. The zero-order valence-electron chi connectivity index (χ0n) is 10.9. The number of hydrogen-bond donors (Lipinski definition) is 2. The summed E-state index contributed by atoms with van der Waals surface area (Å²) in [5.74, 6) is 5.82. The molecule has 2 aromatic rings. The van der Waals surface area contributed by atoms with Crippen molar-refractivity contribution in [3.63, 3.8) is 0 Å². The van der Waals surface area contributed by atoms with Crippen molar-refractivity contribution in [3.8, 4) is 0 Å². The molecule has 0 saturated heterocycles.